The first-order valence-corrected chi connectivity index (χ1v) is 9.72. The predicted octanol–water partition coefficient (Wildman–Crippen LogP) is 2.41. The molecule has 0 saturated heterocycles. The molecule has 0 saturated carbocycles. The number of aryl methyl sites for hydroxylation is 1. The van der Waals surface area contributed by atoms with Crippen molar-refractivity contribution in [1.82, 2.24) is 5.32 Å². The number of likely N-dealkylation sites (N-methyl/N-ethyl adjacent to an activating group) is 1. The molecule has 1 amide bonds. The third kappa shape index (κ3) is 3.07. The van der Waals surface area contributed by atoms with Crippen LogP contribution in [0.2, 0.25) is 0 Å². The SMILES string of the molecule is CNC(=O)COC1(S(=O)(=O)c2ccccc2)CCCc2ccccc21. The number of carbonyl (C=O) groups excluding carboxylic acids is 1. The Bertz CT molecular complexity index is 864. The molecule has 0 aliphatic heterocycles. The van der Waals surface area contributed by atoms with Gasteiger partial charge >= 0.3 is 0 Å². The summed E-state index contributed by atoms with van der Waals surface area (Å²) in [7, 11) is -2.34. The van der Waals surface area contributed by atoms with Crippen LogP contribution in [-0.2, 0) is 30.7 Å². The van der Waals surface area contributed by atoms with E-state index in [1.54, 1.807) is 36.4 Å². The molecule has 0 fully saturated rings. The van der Waals surface area contributed by atoms with Gasteiger partial charge in [0.05, 0.1) is 4.90 Å². The Kier molecular flexibility index (Phi) is 4.92. The van der Waals surface area contributed by atoms with Crippen LogP contribution in [0.25, 0.3) is 0 Å². The summed E-state index contributed by atoms with van der Waals surface area (Å²) in [6.07, 6.45) is 1.79. The lowest BCUT2D eigenvalue weighted by Gasteiger charge is -2.38. The number of fused-ring (bicyclic) bond motifs is 1. The van der Waals surface area contributed by atoms with Gasteiger partial charge in [-0.05, 0) is 37.0 Å². The highest BCUT2D eigenvalue weighted by Gasteiger charge is 2.50. The van der Waals surface area contributed by atoms with E-state index < -0.39 is 14.8 Å². The van der Waals surface area contributed by atoms with Crippen LogP contribution in [0.1, 0.15) is 24.0 Å². The van der Waals surface area contributed by atoms with E-state index >= 15 is 0 Å². The second-order valence-corrected chi connectivity index (χ2v) is 8.18. The first kappa shape index (κ1) is 17.6. The number of ether oxygens (including phenoxy) is 1. The number of nitrogens with one attached hydrogen (secondary N) is 1. The Morgan fingerprint density at radius 1 is 1.12 bits per heavy atom. The lowest BCUT2D eigenvalue weighted by atomic mass is 9.89. The topological polar surface area (TPSA) is 72.5 Å². The number of rotatable bonds is 5. The van der Waals surface area contributed by atoms with Gasteiger partial charge in [0.25, 0.3) is 0 Å². The minimum Gasteiger partial charge on any atom is -0.357 e. The molecule has 1 aliphatic carbocycles. The highest BCUT2D eigenvalue weighted by atomic mass is 32.2. The van der Waals surface area contributed by atoms with Gasteiger partial charge in [-0.15, -0.1) is 0 Å². The molecule has 25 heavy (non-hydrogen) atoms. The Balaban J connectivity index is 2.16. The molecule has 1 unspecified atom stereocenters. The molecule has 2 aromatic carbocycles. The third-order valence-electron chi connectivity index (χ3n) is 4.58. The predicted molar refractivity (Wildman–Crippen MR) is 94.7 cm³/mol. The minimum absolute atomic E-state index is 0.198. The molecular formula is C19H21NO4S. The van der Waals surface area contributed by atoms with E-state index in [9.17, 15) is 13.2 Å². The maximum Gasteiger partial charge on any atom is 0.245 e. The van der Waals surface area contributed by atoms with E-state index in [2.05, 4.69) is 5.32 Å². The van der Waals surface area contributed by atoms with Crippen LogP contribution < -0.4 is 5.32 Å². The second-order valence-electron chi connectivity index (χ2n) is 6.04. The summed E-state index contributed by atoms with van der Waals surface area (Å²) in [5.41, 5.74) is 1.58. The summed E-state index contributed by atoms with van der Waals surface area (Å²) in [5, 5.41) is 2.48. The van der Waals surface area contributed by atoms with Gasteiger partial charge < -0.3 is 10.1 Å². The number of hydrogen-bond donors (Lipinski definition) is 1. The van der Waals surface area contributed by atoms with Crippen molar-refractivity contribution in [3.05, 3.63) is 65.7 Å². The maximum absolute atomic E-state index is 13.5. The van der Waals surface area contributed by atoms with Crippen molar-refractivity contribution in [1.29, 1.82) is 0 Å². The average Bonchev–Trinajstić information content (AvgIpc) is 2.66. The first-order valence-electron chi connectivity index (χ1n) is 8.24. The van der Waals surface area contributed by atoms with Gasteiger partial charge in [0.1, 0.15) is 6.61 Å². The van der Waals surface area contributed by atoms with E-state index in [-0.39, 0.29) is 17.4 Å². The third-order valence-corrected chi connectivity index (χ3v) is 6.89. The van der Waals surface area contributed by atoms with Crippen LogP contribution in [-0.4, -0.2) is 28.0 Å². The van der Waals surface area contributed by atoms with E-state index in [0.717, 1.165) is 12.0 Å². The van der Waals surface area contributed by atoms with Crippen LogP contribution in [0, 0.1) is 0 Å². The lowest BCUT2D eigenvalue weighted by molar-refractivity contribution is -0.129. The van der Waals surface area contributed by atoms with Crippen molar-refractivity contribution in [2.24, 2.45) is 0 Å². The summed E-state index contributed by atoms with van der Waals surface area (Å²) in [6, 6.07) is 15.7. The first-order chi connectivity index (χ1) is 12.0. The van der Waals surface area contributed by atoms with Crippen LogP contribution in [0.4, 0.5) is 0 Å². The smallest absolute Gasteiger partial charge is 0.245 e. The van der Waals surface area contributed by atoms with Gasteiger partial charge in [0, 0.05) is 12.6 Å². The highest BCUT2D eigenvalue weighted by Crippen LogP contribution is 2.45. The maximum atomic E-state index is 13.5. The highest BCUT2D eigenvalue weighted by molar-refractivity contribution is 7.92. The van der Waals surface area contributed by atoms with Crippen molar-refractivity contribution in [3.63, 3.8) is 0 Å². The monoisotopic (exact) mass is 359 g/mol. The number of sulfone groups is 1. The minimum atomic E-state index is -3.84. The second kappa shape index (κ2) is 6.98. The molecule has 1 atom stereocenters. The van der Waals surface area contributed by atoms with E-state index in [1.807, 2.05) is 18.2 Å². The number of benzene rings is 2. The number of carbonyl (C=O) groups is 1. The van der Waals surface area contributed by atoms with Crippen molar-refractivity contribution in [3.8, 4) is 0 Å². The number of amides is 1. The quantitative estimate of drug-likeness (QED) is 0.890. The normalized spacial score (nSPS) is 19.9. The van der Waals surface area contributed by atoms with E-state index in [0.29, 0.717) is 18.4 Å². The van der Waals surface area contributed by atoms with Gasteiger partial charge in [-0.25, -0.2) is 8.42 Å². The summed E-state index contributed by atoms with van der Waals surface area (Å²) in [5.74, 6) is -0.356. The Hall–Kier alpha value is -2.18. The molecule has 0 aromatic heterocycles. The Labute approximate surface area is 147 Å². The summed E-state index contributed by atoms with van der Waals surface area (Å²) in [4.78, 5) is 10.4. The molecule has 6 heteroatoms. The van der Waals surface area contributed by atoms with Gasteiger partial charge in [-0.1, -0.05) is 42.5 Å². The Morgan fingerprint density at radius 2 is 1.80 bits per heavy atom. The largest absolute Gasteiger partial charge is 0.357 e. The molecule has 1 aliphatic rings. The standard InChI is InChI=1S/C19H21NO4S/c1-20-18(21)14-24-19(25(22,23)16-10-3-2-4-11-16)13-7-9-15-8-5-6-12-17(15)19/h2-6,8,10-12H,7,9,13-14H2,1H3,(H,20,21). The lowest BCUT2D eigenvalue weighted by Crippen LogP contribution is -2.44. The molecule has 3 rings (SSSR count). The molecule has 0 radical (unpaired) electrons. The van der Waals surface area contributed by atoms with Crippen LogP contribution >= 0.6 is 0 Å². The summed E-state index contributed by atoms with van der Waals surface area (Å²) >= 11 is 0. The molecule has 5 nitrogen and oxygen atoms in total. The Morgan fingerprint density at radius 3 is 2.52 bits per heavy atom. The average molecular weight is 359 g/mol. The molecule has 2 aromatic rings. The van der Waals surface area contributed by atoms with Gasteiger partial charge in [0.2, 0.25) is 15.7 Å². The molecule has 0 heterocycles. The van der Waals surface area contributed by atoms with E-state index in [4.69, 9.17) is 4.74 Å². The fourth-order valence-electron chi connectivity index (χ4n) is 3.31. The fourth-order valence-corrected chi connectivity index (χ4v) is 5.32. The van der Waals surface area contributed by atoms with Crippen LogP contribution in [0.15, 0.2) is 59.5 Å². The zero-order chi connectivity index (χ0) is 17.9. The van der Waals surface area contributed by atoms with Crippen molar-refractivity contribution >= 4 is 15.7 Å². The molecular weight excluding hydrogens is 338 g/mol. The molecule has 132 valence electrons. The van der Waals surface area contributed by atoms with Crippen molar-refractivity contribution in [2.75, 3.05) is 13.7 Å². The number of hydrogen-bond acceptors (Lipinski definition) is 4. The molecule has 0 spiro atoms. The van der Waals surface area contributed by atoms with Gasteiger partial charge in [-0.2, -0.15) is 0 Å². The van der Waals surface area contributed by atoms with Gasteiger partial charge in [-0.3, -0.25) is 4.79 Å². The fraction of sp³-hybridized carbons (Fsp3) is 0.316. The summed E-state index contributed by atoms with van der Waals surface area (Å²) < 4.78 is 32.9. The van der Waals surface area contributed by atoms with Crippen LogP contribution in [0.5, 0.6) is 0 Å². The summed E-state index contributed by atoms with van der Waals surface area (Å²) in [6.45, 7) is -0.309. The van der Waals surface area contributed by atoms with Gasteiger partial charge in [0.15, 0.2) is 4.93 Å². The zero-order valence-corrected chi connectivity index (χ0v) is 14.9. The zero-order valence-electron chi connectivity index (χ0n) is 14.1. The van der Waals surface area contributed by atoms with Crippen molar-refractivity contribution < 1.29 is 17.9 Å². The molecule has 1 N–H and O–H groups in total. The van der Waals surface area contributed by atoms with Crippen LogP contribution in [0.3, 0.4) is 0 Å². The van der Waals surface area contributed by atoms with E-state index in [1.165, 1.54) is 7.05 Å². The van der Waals surface area contributed by atoms with Crippen molar-refractivity contribution in [2.45, 2.75) is 29.1 Å². The molecule has 0 bridgehead atoms.